The maximum atomic E-state index is 13.2. The number of carbonyl (C=O) groups excluding carboxylic acids is 2. The zero-order chi connectivity index (χ0) is 20.1. The van der Waals surface area contributed by atoms with Gasteiger partial charge in [-0.2, -0.15) is 0 Å². The van der Waals surface area contributed by atoms with E-state index in [1.165, 1.54) is 7.11 Å². The van der Waals surface area contributed by atoms with E-state index in [9.17, 15) is 14.7 Å². The van der Waals surface area contributed by atoms with Gasteiger partial charge in [0.05, 0.1) is 25.9 Å². The van der Waals surface area contributed by atoms with Crippen molar-refractivity contribution < 1.29 is 24.2 Å². The monoisotopic (exact) mass is 384 g/mol. The summed E-state index contributed by atoms with van der Waals surface area (Å²) in [6.45, 7) is 2.39. The number of benzene rings is 2. The van der Waals surface area contributed by atoms with Gasteiger partial charge in [-0.3, -0.25) is 4.79 Å². The predicted molar refractivity (Wildman–Crippen MR) is 104 cm³/mol. The maximum Gasteiger partial charge on any atom is 0.407 e. The number of nitrogens with one attached hydrogen (secondary N) is 1. The number of nitrogens with zero attached hydrogens (tertiary/aromatic N) is 1. The highest BCUT2D eigenvalue weighted by Gasteiger charge is 2.49. The average Bonchev–Trinajstić information content (AvgIpc) is 2.90. The van der Waals surface area contributed by atoms with Gasteiger partial charge in [0, 0.05) is 18.5 Å². The van der Waals surface area contributed by atoms with Crippen molar-refractivity contribution in [2.75, 3.05) is 25.2 Å². The molecule has 1 atom stereocenters. The van der Waals surface area contributed by atoms with Gasteiger partial charge in [-0.25, -0.2) is 4.79 Å². The van der Waals surface area contributed by atoms with E-state index in [0.717, 1.165) is 5.56 Å². The molecule has 0 unspecified atom stereocenters. The first-order chi connectivity index (χ1) is 13.5. The van der Waals surface area contributed by atoms with Crippen LogP contribution in [0.1, 0.15) is 24.5 Å². The van der Waals surface area contributed by atoms with Gasteiger partial charge in [0.15, 0.2) is 5.60 Å². The summed E-state index contributed by atoms with van der Waals surface area (Å²) in [5, 5.41) is 13.8. The van der Waals surface area contributed by atoms with Crippen LogP contribution in [0.15, 0.2) is 48.5 Å². The fourth-order valence-corrected chi connectivity index (χ4v) is 3.35. The molecule has 148 valence electrons. The number of fused-ring (bicyclic) bond motifs is 1. The summed E-state index contributed by atoms with van der Waals surface area (Å²) in [5.74, 6) is 0.121. The van der Waals surface area contributed by atoms with E-state index in [2.05, 4.69) is 5.32 Å². The number of methoxy groups -OCH3 is 1. The first-order valence-electron chi connectivity index (χ1n) is 9.17. The highest BCUT2D eigenvalue weighted by molar-refractivity contribution is 6.07. The molecule has 0 radical (unpaired) electrons. The van der Waals surface area contributed by atoms with Crippen LogP contribution >= 0.6 is 0 Å². The summed E-state index contributed by atoms with van der Waals surface area (Å²) in [6, 6.07) is 14.8. The molecule has 28 heavy (non-hydrogen) atoms. The Bertz CT molecular complexity index is 855. The molecule has 0 saturated carbocycles. The highest BCUT2D eigenvalue weighted by atomic mass is 16.5. The molecule has 2 aromatic carbocycles. The van der Waals surface area contributed by atoms with E-state index < -0.39 is 17.6 Å². The molecule has 1 aliphatic rings. The van der Waals surface area contributed by atoms with Crippen molar-refractivity contribution in [3.8, 4) is 5.75 Å². The van der Waals surface area contributed by atoms with Crippen molar-refractivity contribution in [3.63, 3.8) is 0 Å². The third kappa shape index (κ3) is 3.80. The minimum Gasteiger partial charge on any atom is -0.497 e. The lowest BCUT2D eigenvalue weighted by Crippen LogP contribution is -2.42. The smallest absolute Gasteiger partial charge is 0.407 e. The third-order valence-electron chi connectivity index (χ3n) is 4.75. The van der Waals surface area contributed by atoms with Gasteiger partial charge in [-0.1, -0.05) is 30.3 Å². The van der Waals surface area contributed by atoms with Crippen LogP contribution in [0.4, 0.5) is 10.5 Å². The van der Waals surface area contributed by atoms with Gasteiger partial charge in [0.25, 0.3) is 5.91 Å². The number of anilines is 1. The number of ether oxygens (including phenoxy) is 2. The van der Waals surface area contributed by atoms with E-state index in [0.29, 0.717) is 23.5 Å². The number of rotatable bonds is 7. The van der Waals surface area contributed by atoms with Crippen LogP contribution in [0.3, 0.4) is 0 Å². The highest BCUT2D eigenvalue weighted by Crippen LogP contribution is 2.44. The molecule has 7 heteroatoms. The Morgan fingerprint density at radius 1 is 1.21 bits per heavy atom. The Kier molecular flexibility index (Phi) is 5.84. The van der Waals surface area contributed by atoms with Gasteiger partial charge in [0.2, 0.25) is 0 Å². The van der Waals surface area contributed by atoms with Gasteiger partial charge < -0.3 is 24.8 Å². The summed E-state index contributed by atoms with van der Waals surface area (Å²) >= 11 is 0. The molecule has 3 rings (SSSR count). The molecule has 7 nitrogen and oxygen atoms in total. The van der Waals surface area contributed by atoms with Crippen LogP contribution in [0.2, 0.25) is 0 Å². The molecule has 0 spiro atoms. The number of hydrogen-bond donors (Lipinski definition) is 2. The Hall–Kier alpha value is -3.06. The third-order valence-corrected chi connectivity index (χ3v) is 4.75. The second-order valence-electron chi connectivity index (χ2n) is 6.52. The van der Waals surface area contributed by atoms with Crippen LogP contribution in [0, 0.1) is 0 Å². The topological polar surface area (TPSA) is 88.1 Å². The Morgan fingerprint density at radius 3 is 2.64 bits per heavy atom. The first-order valence-corrected chi connectivity index (χ1v) is 9.17. The van der Waals surface area contributed by atoms with Crippen molar-refractivity contribution in [2.45, 2.75) is 25.5 Å². The largest absolute Gasteiger partial charge is 0.497 e. The van der Waals surface area contributed by atoms with E-state index in [4.69, 9.17) is 9.47 Å². The minimum absolute atomic E-state index is 0.0239. The second kappa shape index (κ2) is 8.31. The van der Waals surface area contributed by atoms with Crippen LogP contribution in [0.5, 0.6) is 5.75 Å². The second-order valence-corrected chi connectivity index (χ2v) is 6.52. The van der Waals surface area contributed by atoms with Crippen LogP contribution < -0.4 is 15.0 Å². The van der Waals surface area contributed by atoms with Crippen molar-refractivity contribution in [3.05, 3.63) is 59.7 Å². The zero-order valence-electron chi connectivity index (χ0n) is 16.0. The standard InChI is InChI=1S/C21H24N2O5/c1-3-28-20(25)22-12-11-21(26)17-13-16(27-2)9-10-18(17)23(19(21)24)14-15-7-5-4-6-8-15/h4-10,13,26H,3,11-12,14H2,1-2H3,(H,22,25)/t21-/m0/s1. The minimum atomic E-state index is -1.75. The normalized spacial score (nSPS) is 18.0. The first kappa shape index (κ1) is 19.7. The van der Waals surface area contributed by atoms with Crippen molar-refractivity contribution in [1.29, 1.82) is 0 Å². The molecular formula is C21H24N2O5. The van der Waals surface area contributed by atoms with Crippen LogP contribution in [-0.2, 0) is 21.7 Å². The van der Waals surface area contributed by atoms with Crippen molar-refractivity contribution in [1.82, 2.24) is 5.32 Å². The number of alkyl carbamates (subject to hydrolysis) is 1. The van der Waals surface area contributed by atoms with Crippen molar-refractivity contribution in [2.24, 2.45) is 0 Å². The molecule has 2 aromatic rings. The molecule has 2 N–H and O–H groups in total. The summed E-state index contributed by atoms with van der Waals surface area (Å²) in [5.41, 5.74) is 0.302. The van der Waals surface area contributed by atoms with E-state index in [1.807, 2.05) is 30.3 Å². The van der Waals surface area contributed by atoms with Crippen LogP contribution in [0.25, 0.3) is 0 Å². The van der Waals surface area contributed by atoms with E-state index >= 15 is 0 Å². The molecule has 0 saturated heterocycles. The summed E-state index contributed by atoms with van der Waals surface area (Å²) < 4.78 is 10.1. The number of aliphatic hydroxyl groups is 1. The fourth-order valence-electron chi connectivity index (χ4n) is 3.35. The Morgan fingerprint density at radius 2 is 1.96 bits per heavy atom. The Labute approximate surface area is 163 Å². The fraction of sp³-hybridized carbons (Fsp3) is 0.333. The quantitative estimate of drug-likeness (QED) is 0.766. The summed E-state index contributed by atoms with van der Waals surface area (Å²) in [6.07, 6.45) is -0.556. The Balaban J connectivity index is 1.88. The molecule has 1 aliphatic heterocycles. The molecule has 1 heterocycles. The lowest BCUT2D eigenvalue weighted by molar-refractivity contribution is -0.136. The van der Waals surface area contributed by atoms with Gasteiger partial charge >= 0.3 is 6.09 Å². The van der Waals surface area contributed by atoms with Gasteiger partial charge in [0.1, 0.15) is 5.75 Å². The average molecular weight is 384 g/mol. The number of hydrogen-bond acceptors (Lipinski definition) is 5. The number of carbonyl (C=O) groups is 2. The molecule has 0 fully saturated rings. The van der Waals surface area contributed by atoms with Crippen molar-refractivity contribution >= 4 is 17.7 Å². The van der Waals surface area contributed by atoms with E-state index in [-0.39, 0.29) is 19.6 Å². The lowest BCUT2D eigenvalue weighted by Gasteiger charge is -2.23. The van der Waals surface area contributed by atoms with Gasteiger partial charge in [-0.05, 0) is 30.7 Å². The maximum absolute atomic E-state index is 13.2. The zero-order valence-corrected chi connectivity index (χ0v) is 16.0. The number of amides is 2. The summed E-state index contributed by atoms with van der Waals surface area (Å²) in [7, 11) is 1.53. The predicted octanol–water partition coefficient (Wildman–Crippen LogP) is 2.57. The SMILES string of the molecule is CCOC(=O)NCC[C@@]1(O)C(=O)N(Cc2ccccc2)c2ccc(OC)cc21. The molecule has 0 aliphatic carbocycles. The molecule has 2 amide bonds. The lowest BCUT2D eigenvalue weighted by atomic mass is 9.91. The van der Waals surface area contributed by atoms with Gasteiger partial charge in [-0.15, -0.1) is 0 Å². The van der Waals surface area contributed by atoms with Crippen LogP contribution in [-0.4, -0.2) is 37.4 Å². The summed E-state index contributed by atoms with van der Waals surface area (Å²) in [4.78, 5) is 26.3. The van der Waals surface area contributed by atoms with E-state index in [1.54, 1.807) is 30.0 Å². The molecule has 0 aromatic heterocycles. The molecular weight excluding hydrogens is 360 g/mol. The molecule has 0 bridgehead atoms.